The van der Waals surface area contributed by atoms with Gasteiger partial charge in [-0.1, -0.05) is 36.4 Å². The Morgan fingerprint density at radius 2 is 1.74 bits per heavy atom. The SMILES string of the molecule is CC(C)(O)CN1CC(C(=O)Nc2ccc(C#N)cc2)C(c2ccc(C=CC(=O)Nc3ccccc3N)cc2)C1. The molecule has 2 atom stereocenters. The van der Waals surface area contributed by atoms with Gasteiger partial charge in [-0.25, -0.2) is 0 Å². The average molecular weight is 524 g/mol. The number of nitrogen functional groups attached to an aromatic ring is 1. The van der Waals surface area contributed by atoms with Gasteiger partial charge in [0.1, 0.15) is 0 Å². The third-order valence-electron chi connectivity index (χ3n) is 6.63. The topological polar surface area (TPSA) is 131 Å². The summed E-state index contributed by atoms with van der Waals surface area (Å²) in [4.78, 5) is 27.8. The fraction of sp³-hybridized carbons (Fsp3) is 0.258. The van der Waals surface area contributed by atoms with Crippen LogP contribution in [0.1, 0.15) is 36.5 Å². The van der Waals surface area contributed by atoms with E-state index in [1.165, 1.54) is 6.08 Å². The smallest absolute Gasteiger partial charge is 0.248 e. The first-order chi connectivity index (χ1) is 18.6. The minimum Gasteiger partial charge on any atom is -0.397 e. The summed E-state index contributed by atoms with van der Waals surface area (Å²) in [5.74, 6) is -0.794. The van der Waals surface area contributed by atoms with Crippen molar-refractivity contribution in [3.05, 3.63) is 95.6 Å². The molecule has 4 rings (SSSR count). The number of nitrogens with one attached hydrogen (secondary N) is 2. The Morgan fingerprint density at radius 3 is 2.38 bits per heavy atom. The third kappa shape index (κ3) is 7.54. The second-order valence-corrected chi connectivity index (χ2v) is 10.5. The Bertz CT molecular complexity index is 1390. The van der Waals surface area contributed by atoms with E-state index >= 15 is 0 Å². The molecule has 39 heavy (non-hydrogen) atoms. The lowest BCUT2D eigenvalue weighted by Crippen LogP contribution is -2.38. The number of para-hydroxylation sites is 2. The molecule has 8 nitrogen and oxygen atoms in total. The van der Waals surface area contributed by atoms with E-state index in [1.807, 2.05) is 24.3 Å². The number of β-amino-alcohol motifs (C(OH)–C–C–N with tert-alkyl or cyclic N) is 1. The molecule has 1 saturated heterocycles. The summed E-state index contributed by atoms with van der Waals surface area (Å²) in [6.45, 7) is 5.11. The maximum absolute atomic E-state index is 13.4. The molecular formula is C31H33N5O3. The van der Waals surface area contributed by atoms with Crippen molar-refractivity contribution in [2.45, 2.75) is 25.4 Å². The van der Waals surface area contributed by atoms with E-state index in [1.54, 1.807) is 68.5 Å². The Labute approximate surface area is 228 Å². The van der Waals surface area contributed by atoms with Crippen LogP contribution in [0.5, 0.6) is 0 Å². The van der Waals surface area contributed by atoms with E-state index in [2.05, 4.69) is 21.6 Å². The van der Waals surface area contributed by atoms with Gasteiger partial charge in [0.15, 0.2) is 0 Å². The summed E-state index contributed by atoms with van der Waals surface area (Å²) in [5.41, 5.74) is 9.07. The predicted molar refractivity (Wildman–Crippen MR) is 154 cm³/mol. The number of hydrogen-bond acceptors (Lipinski definition) is 6. The van der Waals surface area contributed by atoms with Crippen LogP contribution in [0, 0.1) is 17.2 Å². The summed E-state index contributed by atoms with van der Waals surface area (Å²) >= 11 is 0. The van der Waals surface area contributed by atoms with Crippen molar-refractivity contribution in [2.75, 3.05) is 36.0 Å². The van der Waals surface area contributed by atoms with E-state index in [0.29, 0.717) is 42.3 Å². The van der Waals surface area contributed by atoms with Gasteiger partial charge in [-0.3, -0.25) is 14.5 Å². The van der Waals surface area contributed by atoms with Crippen molar-refractivity contribution >= 4 is 35.0 Å². The summed E-state index contributed by atoms with van der Waals surface area (Å²) in [7, 11) is 0. The predicted octanol–water partition coefficient (Wildman–Crippen LogP) is 4.22. The lowest BCUT2D eigenvalue weighted by Gasteiger charge is -2.25. The largest absolute Gasteiger partial charge is 0.397 e. The van der Waals surface area contributed by atoms with E-state index < -0.39 is 5.60 Å². The van der Waals surface area contributed by atoms with Gasteiger partial charge in [0.05, 0.1) is 34.5 Å². The molecule has 2 unspecified atom stereocenters. The van der Waals surface area contributed by atoms with Gasteiger partial charge in [-0.05, 0) is 67.4 Å². The van der Waals surface area contributed by atoms with Crippen molar-refractivity contribution < 1.29 is 14.7 Å². The number of anilines is 3. The summed E-state index contributed by atoms with van der Waals surface area (Å²) in [6, 6.07) is 23.7. The first kappa shape index (κ1) is 27.6. The monoisotopic (exact) mass is 523 g/mol. The number of rotatable bonds is 8. The average Bonchev–Trinajstić information content (AvgIpc) is 3.32. The molecule has 2 amide bonds. The maximum atomic E-state index is 13.4. The number of likely N-dealkylation sites (tertiary alicyclic amines) is 1. The highest BCUT2D eigenvalue weighted by Gasteiger charge is 2.39. The fourth-order valence-electron chi connectivity index (χ4n) is 4.84. The van der Waals surface area contributed by atoms with Crippen molar-refractivity contribution in [1.29, 1.82) is 5.26 Å². The van der Waals surface area contributed by atoms with Crippen LogP contribution >= 0.6 is 0 Å². The molecule has 0 spiro atoms. The Hall–Kier alpha value is -4.45. The molecule has 200 valence electrons. The van der Waals surface area contributed by atoms with Gasteiger partial charge in [0, 0.05) is 37.3 Å². The van der Waals surface area contributed by atoms with Crippen molar-refractivity contribution in [1.82, 2.24) is 4.90 Å². The lowest BCUT2D eigenvalue weighted by molar-refractivity contribution is -0.120. The second kappa shape index (κ2) is 11.9. The van der Waals surface area contributed by atoms with Crippen molar-refractivity contribution in [3.63, 3.8) is 0 Å². The number of aliphatic hydroxyl groups is 1. The van der Waals surface area contributed by atoms with Gasteiger partial charge in [0.25, 0.3) is 0 Å². The van der Waals surface area contributed by atoms with Gasteiger partial charge >= 0.3 is 0 Å². The zero-order valence-electron chi connectivity index (χ0n) is 22.1. The number of hydrogen-bond donors (Lipinski definition) is 4. The van der Waals surface area contributed by atoms with Gasteiger partial charge in [-0.2, -0.15) is 5.26 Å². The van der Waals surface area contributed by atoms with E-state index in [0.717, 1.165) is 11.1 Å². The normalized spacial score (nSPS) is 17.6. The molecule has 1 fully saturated rings. The number of benzene rings is 3. The molecule has 0 radical (unpaired) electrons. The van der Waals surface area contributed by atoms with Gasteiger partial charge in [0.2, 0.25) is 11.8 Å². The highest BCUT2D eigenvalue weighted by molar-refractivity contribution is 6.03. The molecule has 8 heteroatoms. The lowest BCUT2D eigenvalue weighted by atomic mass is 9.88. The maximum Gasteiger partial charge on any atom is 0.248 e. The molecule has 3 aromatic rings. The molecule has 5 N–H and O–H groups in total. The van der Waals surface area contributed by atoms with Gasteiger partial charge in [-0.15, -0.1) is 0 Å². The van der Waals surface area contributed by atoms with Crippen LogP contribution in [0.4, 0.5) is 17.1 Å². The van der Waals surface area contributed by atoms with E-state index in [9.17, 15) is 14.7 Å². The van der Waals surface area contributed by atoms with Crippen LogP contribution < -0.4 is 16.4 Å². The first-order valence-corrected chi connectivity index (χ1v) is 12.8. The Balaban J connectivity index is 1.47. The number of nitrogens with two attached hydrogens (primary N) is 1. The molecule has 3 aromatic carbocycles. The third-order valence-corrected chi connectivity index (χ3v) is 6.63. The molecule has 1 heterocycles. The minimum atomic E-state index is -0.886. The standard InChI is InChI=1S/C31H33N5O3/c1-31(2,39)20-36-18-25(26(19-36)30(38)34-24-14-9-22(17-32)10-15-24)23-12-7-21(8-13-23)11-16-29(37)35-28-6-4-3-5-27(28)33/h3-16,25-26,39H,18-20,33H2,1-2H3,(H,34,38)(H,35,37). The number of nitrogens with zero attached hydrogens (tertiary/aromatic N) is 2. The second-order valence-electron chi connectivity index (χ2n) is 10.5. The zero-order valence-corrected chi connectivity index (χ0v) is 22.1. The van der Waals surface area contributed by atoms with Crippen molar-refractivity contribution in [3.8, 4) is 6.07 Å². The summed E-state index contributed by atoms with van der Waals surface area (Å²) in [6.07, 6.45) is 3.18. The number of nitriles is 1. The molecule has 0 saturated carbocycles. The van der Waals surface area contributed by atoms with Crippen molar-refractivity contribution in [2.24, 2.45) is 5.92 Å². The number of carbonyl (C=O) groups is 2. The quantitative estimate of drug-likeness (QED) is 0.258. The highest BCUT2D eigenvalue weighted by atomic mass is 16.3. The molecular weight excluding hydrogens is 490 g/mol. The van der Waals surface area contributed by atoms with Gasteiger partial charge < -0.3 is 21.5 Å². The van der Waals surface area contributed by atoms with Crippen LogP contribution in [0.3, 0.4) is 0 Å². The Kier molecular flexibility index (Phi) is 8.45. The number of amides is 2. The van der Waals surface area contributed by atoms with Crippen LogP contribution in [-0.4, -0.2) is 47.1 Å². The minimum absolute atomic E-state index is 0.0758. The molecule has 0 bridgehead atoms. The van der Waals surface area contributed by atoms with Crippen LogP contribution in [0.25, 0.3) is 6.08 Å². The van der Waals surface area contributed by atoms with E-state index in [-0.39, 0.29) is 23.7 Å². The Morgan fingerprint density at radius 1 is 1.05 bits per heavy atom. The molecule has 1 aliphatic heterocycles. The van der Waals surface area contributed by atoms with Crippen LogP contribution in [-0.2, 0) is 9.59 Å². The summed E-state index contributed by atoms with van der Waals surface area (Å²) < 4.78 is 0. The van der Waals surface area contributed by atoms with E-state index in [4.69, 9.17) is 11.0 Å². The molecule has 1 aliphatic rings. The number of carbonyl (C=O) groups excluding carboxylic acids is 2. The zero-order chi connectivity index (χ0) is 28.0. The fourth-order valence-corrected chi connectivity index (χ4v) is 4.84. The first-order valence-electron chi connectivity index (χ1n) is 12.8. The van der Waals surface area contributed by atoms with Crippen LogP contribution in [0.15, 0.2) is 78.9 Å². The highest BCUT2D eigenvalue weighted by Crippen LogP contribution is 2.34. The summed E-state index contributed by atoms with van der Waals surface area (Å²) in [5, 5.41) is 25.2. The molecule has 0 aromatic heterocycles. The molecule has 0 aliphatic carbocycles. The van der Waals surface area contributed by atoms with Crippen LogP contribution in [0.2, 0.25) is 0 Å².